The Hall–Kier alpha value is -1.39. The summed E-state index contributed by atoms with van der Waals surface area (Å²) in [6.07, 6.45) is 1.35. The van der Waals surface area contributed by atoms with Gasteiger partial charge in [0.2, 0.25) is 0 Å². The highest BCUT2D eigenvalue weighted by Crippen LogP contribution is 2.10. The van der Waals surface area contributed by atoms with Crippen molar-refractivity contribution in [2.24, 2.45) is 0 Å². The second kappa shape index (κ2) is 6.16. The highest BCUT2D eigenvalue weighted by Gasteiger charge is 2.07. The lowest BCUT2D eigenvalue weighted by atomic mass is 10.1. The van der Waals surface area contributed by atoms with Crippen LogP contribution < -0.4 is 5.48 Å². The van der Waals surface area contributed by atoms with Gasteiger partial charge in [0.15, 0.2) is 0 Å². The number of aromatic hydroxyl groups is 1. The Kier molecular flexibility index (Phi) is 4.80. The van der Waals surface area contributed by atoms with E-state index < -0.39 is 0 Å². The average Bonchev–Trinajstić information content (AvgIpc) is 2.27. The van der Waals surface area contributed by atoms with E-state index >= 15 is 0 Å². The van der Waals surface area contributed by atoms with Crippen LogP contribution >= 0.6 is 0 Å². The molecule has 1 aromatic carbocycles. The Morgan fingerprint density at radius 1 is 1.47 bits per heavy atom. The Morgan fingerprint density at radius 3 is 2.67 bits per heavy atom. The maximum atomic E-state index is 10.7. The molecule has 0 aromatic heterocycles. The fraction of sp³-hybridized carbons (Fsp3) is 0.364. The molecule has 0 aliphatic rings. The van der Waals surface area contributed by atoms with Gasteiger partial charge in [-0.3, -0.25) is 0 Å². The lowest BCUT2D eigenvalue weighted by molar-refractivity contribution is -0.113. The van der Waals surface area contributed by atoms with Crippen molar-refractivity contribution in [1.82, 2.24) is 5.48 Å². The molecular formula is C11H15NO3. The van der Waals surface area contributed by atoms with Crippen molar-refractivity contribution < 1.29 is 14.7 Å². The number of phenols is 1. The first-order valence-corrected chi connectivity index (χ1v) is 4.86. The van der Waals surface area contributed by atoms with E-state index in [9.17, 15) is 4.79 Å². The Labute approximate surface area is 88.8 Å². The van der Waals surface area contributed by atoms with Crippen LogP contribution in [0.5, 0.6) is 5.75 Å². The summed E-state index contributed by atoms with van der Waals surface area (Å²) in [5, 5.41) is 9.08. The van der Waals surface area contributed by atoms with Crippen molar-refractivity contribution in [3.63, 3.8) is 0 Å². The number of rotatable bonds is 6. The van der Waals surface area contributed by atoms with Crippen LogP contribution in [0, 0.1) is 0 Å². The molecule has 0 fully saturated rings. The fourth-order valence-corrected chi connectivity index (χ4v) is 1.19. The fourth-order valence-electron chi connectivity index (χ4n) is 1.19. The maximum absolute atomic E-state index is 10.7. The van der Waals surface area contributed by atoms with E-state index in [2.05, 4.69) is 5.48 Å². The number of hydrogen-bond acceptors (Lipinski definition) is 4. The van der Waals surface area contributed by atoms with Gasteiger partial charge in [0.1, 0.15) is 12.0 Å². The van der Waals surface area contributed by atoms with Gasteiger partial charge in [-0.25, -0.2) is 0 Å². The standard InChI is InChI=1S/C11H15NO3/c1-2-15-12-10(8-13)7-9-3-5-11(14)6-4-9/h3-6,8,10,12,14H,2,7H2,1H3/t10-/m0/s1. The van der Waals surface area contributed by atoms with E-state index in [4.69, 9.17) is 9.94 Å². The SMILES string of the molecule is CCON[C@H](C=O)Cc1ccc(O)cc1. The summed E-state index contributed by atoms with van der Waals surface area (Å²) in [5.41, 5.74) is 3.62. The molecule has 82 valence electrons. The smallest absolute Gasteiger partial charge is 0.139 e. The summed E-state index contributed by atoms with van der Waals surface area (Å²) in [4.78, 5) is 15.6. The first kappa shape index (κ1) is 11.7. The molecule has 0 amide bonds. The average molecular weight is 209 g/mol. The molecule has 0 radical (unpaired) electrons. The molecule has 15 heavy (non-hydrogen) atoms. The summed E-state index contributed by atoms with van der Waals surface area (Å²) >= 11 is 0. The number of phenolic OH excluding ortho intramolecular Hbond substituents is 1. The second-order valence-corrected chi connectivity index (χ2v) is 3.16. The van der Waals surface area contributed by atoms with Crippen molar-refractivity contribution in [3.05, 3.63) is 29.8 Å². The molecule has 0 aliphatic carbocycles. The normalized spacial score (nSPS) is 12.3. The zero-order chi connectivity index (χ0) is 11.1. The summed E-state index contributed by atoms with van der Waals surface area (Å²) in [6.45, 7) is 2.36. The number of hydrogen-bond donors (Lipinski definition) is 2. The Bertz CT molecular complexity index is 297. The van der Waals surface area contributed by atoms with E-state index in [0.29, 0.717) is 13.0 Å². The van der Waals surface area contributed by atoms with Crippen molar-refractivity contribution >= 4 is 6.29 Å². The lowest BCUT2D eigenvalue weighted by Crippen LogP contribution is -2.32. The van der Waals surface area contributed by atoms with Crippen LogP contribution in [0.2, 0.25) is 0 Å². The molecule has 1 rings (SSSR count). The number of nitrogens with one attached hydrogen (secondary N) is 1. The van der Waals surface area contributed by atoms with Gasteiger partial charge in [-0.1, -0.05) is 12.1 Å². The summed E-state index contributed by atoms with van der Waals surface area (Å²) in [5.74, 6) is 0.221. The minimum Gasteiger partial charge on any atom is -0.508 e. The molecule has 0 unspecified atom stereocenters. The zero-order valence-electron chi connectivity index (χ0n) is 8.64. The van der Waals surface area contributed by atoms with Crippen LogP contribution in [0.15, 0.2) is 24.3 Å². The van der Waals surface area contributed by atoms with Crippen molar-refractivity contribution in [2.45, 2.75) is 19.4 Å². The number of carbonyl (C=O) groups excluding carboxylic acids is 1. The molecule has 0 spiro atoms. The van der Waals surface area contributed by atoms with Gasteiger partial charge < -0.3 is 14.7 Å². The minimum absolute atomic E-state index is 0.221. The molecule has 4 nitrogen and oxygen atoms in total. The maximum Gasteiger partial charge on any atom is 0.139 e. The zero-order valence-corrected chi connectivity index (χ0v) is 8.64. The van der Waals surface area contributed by atoms with Gasteiger partial charge in [-0.15, -0.1) is 0 Å². The quantitative estimate of drug-likeness (QED) is 0.543. The molecule has 0 saturated carbocycles. The number of carbonyl (C=O) groups is 1. The van der Waals surface area contributed by atoms with E-state index in [-0.39, 0.29) is 11.8 Å². The molecule has 0 saturated heterocycles. The Morgan fingerprint density at radius 2 is 2.13 bits per heavy atom. The molecule has 0 bridgehead atoms. The molecule has 1 aromatic rings. The molecule has 0 aliphatic heterocycles. The van der Waals surface area contributed by atoms with E-state index in [1.54, 1.807) is 24.3 Å². The highest BCUT2D eigenvalue weighted by atomic mass is 16.6. The number of hydroxylamine groups is 1. The van der Waals surface area contributed by atoms with Gasteiger partial charge in [0, 0.05) is 0 Å². The highest BCUT2D eigenvalue weighted by molar-refractivity contribution is 5.58. The van der Waals surface area contributed by atoms with Crippen LogP contribution in [0.25, 0.3) is 0 Å². The van der Waals surface area contributed by atoms with Gasteiger partial charge >= 0.3 is 0 Å². The third-order valence-corrected chi connectivity index (χ3v) is 1.94. The van der Waals surface area contributed by atoms with Gasteiger partial charge in [-0.05, 0) is 31.0 Å². The third kappa shape index (κ3) is 4.10. The van der Waals surface area contributed by atoms with Crippen molar-refractivity contribution in [2.75, 3.05) is 6.61 Å². The van der Waals surface area contributed by atoms with Crippen molar-refractivity contribution in [3.8, 4) is 5.75 Å². The van der Waals surface area contributed by atoms with E-state index in [1.807, 2.05) is 6.92 Å². The monoisotopic (exact) mass is 209 g/mol. The van der Waals surface area contributed by atoms with Crippen LogP contribution in [-0.2, 0) is 16.1 Å². The van der Waals surface area contributed by atoms with Crippen LogP contribution in [0.4, 0.5) is 0 Å². The topological polar surface area (TPSA) is 58.6 Å². The summed E-state index contributed by atoms with van der Waals surface area (Å²) < 4.78 is 0. The third-order valence-electron chi connectivity index (χ3n) is 1.94. The number of aldehydes is 1. The second-order valence-electron chi connectivity index (χ2n) is 3.16. The van der Waals surface area contributed by atoms with E-state index in [1.165, 1.54) is 0 Å². The Balaban J connectivity index is 2.50. The summed E-state index contributed by atoms with van der Waals surface area (Å²) in [7, 11) is 0. The first-order chi connectivity index (χ1) is 7.26. The molecule has 2 N–H and O–H groups in total. The predicted molar refractivity (Wildman–Crippen MR) is 56.4 cm³/mol. The van der Waals surface area contributed by atoms with E-state index in [0.717, 1.165) is 11.8 Å². The predicted octanol–water partition coefficient (Wildman–Crippen LogP) is 1.04. The van der Waals surface area contributed by atoms with Gasteiger partial charge in [-0.2, -0.15) is 5.48 Å². The van der Waals surface area contributed by atoms with Crippen LogP contribution in [-0.4, -0.2) is 24.0 Å². The van der Waals surface area contributed by atoms with Gasteiger partial charge in [0.05, 0.1) is 12.6 Å². The van der Waals surface area contributed by atoms with Crippen LogP contribution in [0.1, 0.15) is 12.5 Å². The van der Waals surface area contributed by atoms with Gasteiger partial charge in [0.25, 0.3) is 0 Å². The van der Waals surface area contributed by atoms with Crippen molar-refractivity contribution in [1.29, 1.82) is 0 Å². The lowest BCUT2D eigenvalue weighted by Gasteiger charge is -2.11. The first-order valence-electron chi connectivity index (χ1n) is 4.86. The summed E-state index contributed by atoms with van der Waals surface area (Å²) in [6, 6.07) is 6.39. The minimum atomic E-state index is -0.352. The molecule has 4 heteroatoms. The molecular weight excluding hydrogens is 194 g/mol. The largest absolute Gasteiger partial charge is 0.508 e. The van der Waals surface area contributed by atoms with Crippen LogP contribution in [0.3, 0.4) is 0 Å². The number of benzene rings is 1. The molecule has 0 heterocycles. The molecule has 1 atom stereocenters.